The van der Waals surface area contributed by atoms with E-state index in [9.17, 15) is 19.2 Å². The predicted molar refractivity (Wildman–Crippen MR) is 115 cm³/mol. The molecule has 0 radical (unpaired) electrons. The standard InChI is InChI=1S/C23H22N4O5/c1-32-12-2-11-27-22(30)18-8-5-16(13-19(18)23(27)31)21(29)26-17-6-3-15(4-7-17)14-25-20(28)9-10-24/h3-8,13H,2,9,11-12,14H2,1H3,(H,25,28)(H,26,29). The number of carbonyl (C=O) groups excluding carboxylic acids is 4. The Labute approximate surface area is 185 Å². The second-order valence-electron chi connectivity index (χ2n) is 7.13. The highest BCUT2D eigenvalue weighted by molar-refractivity contribution is 6.22. The summed E-state index contributed by atoms with van der Waals surface area (Å²) in [5.41, 5.74) is 2.10. The highest BCUT2D eigenvalue weighted by Crippen LogP contribution is 2.24. The molecular weight excluding hydrogens is 412 g/mol. The third kappa shape index (κ3) is 5.17. The Bertz CT molecular complexity index is 1090. The van der Waals surface area contributed by atoms with Gasteiger partial charge in [-0.1, -0.05) is 12.1 Å². The fourth-order valence-corrected chi connectivity index (χ4v) is 3.25. The largest absolute Gasteiger partial charge is 0.385 e. The molecule has 9 heteroatoms. The summed E-state index contributed by atoms with van der Waals surface area (Å²) in [6, 6.07) is 13.1. The van der Waals surface area contributed by atoms with E-state index in [1.165, 1.54) is 23.1 Å². The molecule has 0 atom stereocenters. The molecule has 4 amide bonds. The van der Waals surface area contributed by atoms with Gasteiger partial charge in [0.2, 0.25) is 5.91 Å². The molecule has 3 rings (SSSR count). The number of nitrogens with zero attached hydrogens (tertiary/aromatic N) is 2. The first kappa shape index (κ1) is 22.7. The van der Waals surface area contributed by atoms with Crippen molar-refractivity contribution in [2.75, 3.05) is 25.6 Å². The summed E-state index contributed by atoms with van der Waals surface area (Å²) in [5, 5.41) is 13.9. The van der Waals surface area contributed by atoms with E-state index in [2.05, 4.69) is 10.6 Å². The normalized spacial score (nSPS) is 12.3. The minimum Gasteiger partial charge on any atom is -0.385 e. The van der Waals surface area contributed by atoms with E-state index in [1.54, 1.807) is 37.4 Å². The predicted octanol–water partition coefficient (Wildman–Crippen LogP) is 2.10. The molecule has 1 aliphatic heterocycles. The first-order valence-electron chi connectivity index (χ1n) is 9.97. The van der Waals surface area contributed by atoms with Gasteiger partial charge in [-0.3, -0.25) is 24.1 Å². The van der Waals surface area contributed by atoms with Gasteiger partial charge in [-0.2, -0.15) is 5.26 Å². The Morgan fingerprint density at radius 2 is 1.78 bits per heavy atom. The highest BCUT2D eigenvalue weighted by Gasteiger charge is 2.35. The van der Waals surface area contributed by atoms with Gasteiger partial charge in [-0.05, 0) is 42.3 Å². The van der Waals surface area contributed by atoms with Crippen molar-refractivity contribution >= 4 is 29.3 Å². The van der Waals surface area contributed by atoms with Crippen LogP contribution in [0.15, 0.2) is 42.5 Å². The van der Waals surface area contributed by atoms with E-state index in [0.29, 0.717) is 18.7 Å². The topological polar surface area (TPSA) is 129 Å². The number of fused-ring (bicyclic) bond motifs is 1. The van der Waals surface area contributed by atoms with Crippen LogP contribution in [0.2, 0.25) is 0 Å². The van der Waals surface area contributed by atoms with Crippen LogP contribution in [0.1, 0.15) is 49.5 Å². The van der Waals surface area contributed by atoms with Crippen molar-refractivity contribution in [1.82, 2.24) is 10.2 Å². The molecule has 164 valence electrons. The van der Waals surface area contributed by atoms with E-state index in [-0.39, 0.29) is 48.0 Å². The first-order valence-corrected chi connectivity index (χ1v) is 9.97. The summed E-state index contributed by atoms with van der Waals surface area (Å²) in [6.07, 6.45) is 0.335. The van der Waals surface area contributed by atoms with Crippen LogP contribution < -0.4 is 10.6 Å². The maximum Gasteiger partial charge on any atom is 0.261 e. The number of nitrogens with one attached hydrogen (secondary N) is 2. The fourth-order valence-electron chi connectivity index (χ4n) is 3.25. The van der Waals surface area contributed by atoms with Crippen LogP contribution in [0.4, 0.5) is 5.69 Å². The molecule has 0 unspecified atom stereocenters. The summed E-state index contributed by atoms with van der Waals surface area (Å²) < 4.78 is 4.97. The van der Waals surface area contributed by atoms with Gasteiger partial charge < -0.3 is 15.4 Å². The van der Waals surface area contributed by atoms with Gasteiger partial charge in [0.25, 0.3) is 17.7 Å². The molecule has 2 aromatic rings. The van der Waals surface area contributed by atoms with Crippen molar-refractivity contribution in [2.24, 2.45) is 0 Å². The molecule has 9 nitrogen and oxygen atoms in total. The van der Waals surface area contributed by atoms with Crippen LogP contribution in [-0.4, -0.2) is 48.8 Å². The maximum atomic E-state index is 12.6. The number of hydrogen-bond donors (Lipinski definition) is 2. The molecular formula is C23H22N4O5. The molecule has 0 saturated heterocycles. The average molecular weight is 434 g/mol. The lowest BCUT2D eigenvalue weighted by molar-refractivity contribution is -0.120. The Morgan fingerprint density at radius 1 is 1.06 bits per heavy atom. The van der Waals surface area contributed by atoms with Crippen LogP contribution in [0.3, 0.4) is 0 Å². The first-order chi connectivity index (χ1) is 15.4. The number of rotatable bonds is 9. The third-order valence-corrected chi connectivity index (χ3v) is 4.90. The second kappa shape index (κ2) is 10.3. The average Bonchev–Trinajstić information content (AvgIpc) is 3.03. The molecule has 2 aromatic carbocycles. The van der Waals surface area contributed by atoms with Crippen molar-refractivity contribution in [2.45, 2.75) is 19.4 Å². The molecule has 0 aromatic heterocycles. The van der Waals surface area contributed by atoms with Gasteiger partial charge in [-0.25, -0.2) is 0 Å². The zero-order chi connectivity index (χ0) is 23.1. The Kier molecular flexibility index (Phi) is 7.31. The van der Waals surface area contributed by atoms with E-state index >= 15 is 0 Å². The highest BCUT2D eigenvalue weighted by atomic mass is 16.5. The maximum absolute atomic E-state index is 12.6. The second-order valence-corrected chi connectivity index (χ2v) is 7.13. The van der Waals surface area contributed by atoms with Gasteiger partial charge in [-0.15, -0.1) is 0 Å². The van der Waals surface area contributed by atoms with E-state index in [1.807, 2.05) is 0 Å². The lowest BCUT2D eigenvalue weighted by Gasteiger charge is -2.12. The number of ether oxygens (including phenoxy) is 1. The minimum atomic E-state index is -0.418. The number of anilines is 1. The summed E-state index contributed by atoms with van der Waals surface area (Å²) in [6.45, 7) is 0.966. The van der Waals surface area contributed by atoms with Gasteiger partial charge in [0.05, 0.1) is 17.2 Å². The van der Waals surface area contributed by atoms with Crippen LogP contribution in [0, 0.1) is 11.3 Å². The molecule has 0 spiro atoms. The molecule has 2 N–H and O–H groups in total. The molecule has 32 heavy (non-hydrogen) atoms. The van der Waals surface area contributed by atoms with Crippen molar-refractivity contribution in [3.63, 3.8) is 0 Å². The SMILES string of the molecule is COCCCN1C(=O)c2ccc(C(=O)Nc3ccc(CNC(=O)CC#N)cc3)cc2C1=O. The summed E-state index contributed by atoms with van der Waals surface area (Å²) in [5.74, 6) is -1.56. The number of benzene rings is 2. The van der Waals surface area contributed by atoms with Gasteiger partial charge >= 0.3 is 0 Å². The number of methoxy groups -OCH3 is 1. The number of imide groups is 1. The van der Waals surface area contributed by atoms with Crippen LogP contribution in [0.25, 0.3) is 0 Å². The molecule has 0 fully saturated rings. The molecule has 0 aliphatic carbocycles. The molecule has 1 heterocycles. The summed E-state index contributed by atoms with van der Waals surface area (Å²) in [7, 11) is 1.55. The quantitative estimate of drug-likeness (QED) is 0.459. The van der Waals surface area contributed by atoms with Crippen molar-refractivity contribution in [3.05, 3.63) is 64.7 Å². The number of amides is 4. The fraction of sp³-hybridized carbons (Fsp3) is 0.261. The van der Waals surface area contributed by atoms with Crippen LogP contribution in [-0.2, 0) is 16.1 Å². The van der Waals surface area contributed by atoms with Gasteiger partial charge in [0.1, 0.15) is 6.42 Å². The van der Waals surface area contributed by atoms with Crippen molar-refractivity contribution < 1.29 is 23.9 Å². The van der Waals surface area contributed by atoms with E-state index in [4.69, 9.17) is 10.00 Å². The lowest BCUT2D eigenvalue weighted by atomic mass is 10.1. The minimum absolute atomic E-state index is 0.200. The Balaban J connectivity index is 1.64. The number of nitriles is 1. The summed E-state index contributed by atoms with van der Waals surface area (Å²) in [4.78, 5) is 50.2. The van der Waals surface area contributed by atoms with Crippen molar-refractivity contribution in [3.8, 4) is 6.07 Å². The van der Waals surface area contributed by atoms with Crippen LogP contribution in [0.5, 0.6) is 0 Å². The summed E-state index contributed by atoms with van der Waals surface area (Å²) >= 11 is 0. The van der Waals surface area contributed by atoms with Gasteiger partial charge in [0, 0.05) is 38.1 Å². The van der Waals surface area contributed by atoms with E-state index < -0.39 is 11.8 Å². The monoisotopic (exact) mass is 434 g/mol. The zero-order valence-electron chi connectivity index (χ0n) is 17.5. The van der Waals surface area contributed by atoms with Crippen molar-refractivity contribution in [1.29, 1.82) is 5.26 Å². The Hall–Kier alpha value is -4.03. The lowest BCUT2D eigenvalue weighted by Crippen LogP contribution is -2.31. The molecule has 1 aliphatic rings. The number of hydrogen-bond acceptors (Lipinski definition) is 6. The van der Waals surface area contributed by atoms with Gasteiger partial charge in [0.15, 0.2) is 0 Å². The smallest absolute Gasteiger partial charge is 0.261 e. The number of carbonyl (C=O) groups is 4. The Morgan fingerprint density at radius 3 is 2.47 bits per heavy atom. The molecule has 0 bridgehead atoms. The van der Waals surface area contributed by atoms with E-state index in [0.717, 1.165) is 5.56 Å². The zero-order valence-corrected chi connectivity index (χ0v) is 17.5. The molecule has 0 saturated carbocycles. The van der Waals surface area contributed by atoms with Crippen LogP contribution >= 0.6 is 0 Å². The third-order valence-electron chi connectivity index (χ3n) is 4.90.